The summed E-state index contributed by atoms with van der Waals surface area (Å²) in [4.78, 5) is -0.0565. The van der Waals surface area contributed by atoms with Crippen molar-refractivity contribution in [1.29, 1.82) is 0 Å². The van der Waals surface area contributed by atoms with Crippen LogP contribution in [0.5, 0.6) is 11.5 Å². The summed E-state index contributed by atoms with van der Waals surface area (Å²) in [5, 5.41) is 13.4. The van der Waals surface area contributed by atoms with E-state index in [0.29, 0.717) is 22.3 Å². The number of nitrogens with one attached hydrogen (secondary N) is 1. The Hall–Kier alpha value is -2.78. The summed E-state index contributed by atoms with van der Waals surface area (Å²) in [6, 6.07) is 9.25. The molecule has 0 amide bonds. The molecule has 2 aromatic carbocycles. The fourth-order valence-electron chi connectivity index (χ4n) is 2.33. The van der Waals surface area contributed by atoms with E-state index in [4.69, 9.17) is 19.1 Å². The minimum absolute atomic E-state index is 0.0531. The standard InChI is InChI=1S/C16H16N2O6S/c1-22-11-4-6-15(14(8-11)23-2)25(20,21)18-16-12-5-3-10(9-19)7-13(12)24-17-16/h3-8,19H,9H2,1-2H3,(H,17,18). The van der Waals surface area contributed by atoms with Gasteiger partial charge in [0.05, 0.1) is 26.2 Å². The van der Waals surface area contributed by atoms with Crippen LogP contribution in [0.25, 0.3) is 11.0 Å². The SMILES string of the molecule is COc1ccc(S(=O)(=O)Nc2noc3cc(CO)ccc23)c(OC)c1. The van der Waals surface area contributed by atoms with Gasteiger partial charge in [-0.05, 0) is 29.8 Å². The van der Waals surface area contributed by atoms with E-state index in [1.54, 1.807) is 18.2 Å². The molecule has 0 saturated heterocycles. The summed E-state index contributed by atoms with van der Waals surface area (Å²) in [7, 11) is -1.11. The molecule has 1 heterocycles. The number of methoxy groups -OCH3 is 2. The third-order valence-corrected chi connectivity index (χ3v) is 4.99. The van der Waals surface area contributed by atoms with E-state index in [9.17, 15) is 8.42 Å². The van der Waals surface area contributed by atoms with E-state index < -0.39 is 10.0 Å². The Morgan fingerprint density at radius 2 is 1.96 bits per heavy atom. The average Bonchev–Trinajstić information content (AvgIpc) is 3.02. The van der Waals surface area contributed by atoms with E-state index in [1.807, 2.05) is 0 Å². The number of aromatic nitrogens is 1. The van der Waals surface area contributed by atoms with Crippen molar-refractivity contribution in [2.45, 2.75) is 11.5 Å². The van der Waals surface area contributed by atoms with Gasteiger partial charge in [0, 0.05) is 6.07 Å². The molecule has 1 aromatic heterocycles. The van der Waals surface area contributed by atoms with Gasteiger partial charge in [-0.15, -0.1) is 0 Å². The topological polar surface area (TPSA) is 111 Å². The molecule has 0 atom stereocenters. The zero-order valence-corrected chi connectivity index (χ0v) is 14.3. The van der Waals surface area contributed by atoms with E-state index in [-0.39, 0.29) is 23.1 Å². The molecule has 0 unspecified atom stereocenters. The van der Waals surface area contributed by atoms with Crippen LogP contribution in [-0.4, -0.2) is 32.9 Å². The van der Waals surface area contributed by atoms with Gasteiger partial charge in [0.1, 0.15) is 16.4 Å². The number of hydrogen-bond acceptors (Lipinski definition) is 7. The van der Waals surface area contributed by atoms with Crippen molar-refractivity contribution < 1.29 is 27.5 Å². The van der Waals surface area contributed by atoms with Crippen molar-refractivity contribution in [2.24, 2.45) is 0 Å². The van der Waals surface area contributed by atoms with E-state index >= 15 is 0 Å². The van der Waals surface area contributed by atoms with Crippen LogP contribution in [-0.2, 0) is 16.6 Å². The Morgan fingerprint density at radius 3 is 2.64 bits per heavy atom. The fourth-order valence-corrected chi connectivity index (χ4v) is 3.50. The number of aliphatic hydroxyl groups is 1. The molecule has 0 bridgehead atoms. The maximum absolute atomic E-state index is 12.7. The number of hydrogen-bond donors (Lipinski definition) is 2. The number of fused-ring (bicyclic) bond motifs is 1. The lowest BCUT2D eigenvalue weighted by molar-refractivity contribution is 0.282. The number of anilines is 1. The summed E-state index contributed by atoms with van der Waals surface area (Å²) in [6.45, 7) is -0.152. The lowest BCUT2D eigenvalue weighted by Crippen LogP contribution is -2.14. The van der Waals surface area contributed by atoms with Gasteiger partial charge in [-0.3, -0.25) is 4.72 Å². The Bertz CT molecular complexity index is 1010. The highest BCUT2D eigenvalue weighted by Gasteiger charge is 2.23. The Balaban J connectivity index is 2.00. The molecule has 3 aromatic rings. The molecule has 9 heteroatoms. The van der Waals surface area contributed by atoms with Gasteiger partial charge in [-0.25, -0.2) is 8.42 Å². The Labute approximate surface area is 144 Å². The molecule has 132 valence electrons. The first kappa shape index (κ1) is 17.1. The highest BCUT2D eigenvalue weighted by Crippen LogP contribution is 2.31. The van der Waals surface area contributed by atoms with Crippen LogP contribution in [0, 0.1) is 0 Å². The quantitative estimate of drug-likeness (QED) is 0.689. The summed E-state index contributed by atoms with van der Waals surface area (Å²) in [5.41, 5.74) is 1.00. The predicted octanol–water partition coefficient (Wildman–Crippen LogP) is 2.14. The number of nitrogens with zero attached hydrogens (tertiary/aromatic N) is 1. The summed E-state index contributed by atoms with van der Waals surface area (Å²) >= 11 is 0. The van der Waals surface area contributed by atoms with E-state index in [0.717, 1.165) is 0 Å². The molecule has 8 nitrogen and oxygen atoms in total. The van der Waals surface area contributed by atoms with Crippen LogP contribution in [0.2, 0.25) is 0 Å². The van der Waals surface area contributed by atoms with Crippen molar-refractivity contribution >= 4 is 26.8 Å². The summed E-state index contributed by atoms with van der Waals surface area (Å²) in [5.74, 6) is 0.666. The van der Waals surface area contributed by atoms with Crippen LogP contribution in [0.3, 0.4) is 0 Å². The minimum Gasteiger partial charge on any atom is -0.497 e. The summed E-state index contributed by atoms with van der Waals surface area (Å²) < 4.78 is 43.1. The van der Waals surface area contributed by atoms with Crippen LogP contribution in [0.4, 0.5) is 5.82 Å². The van der Waals surface area contributed by atoms with Crippen molar-refractivity contribution in [3.8, 4) is 11.5 Å². The smallest absolute Gasteiger partial charge is 0.266 e. The van der Waals surface area contributed by atoms with Gasteiger partial charge < -0.3 is 19.1 Å². The molecule has 0 spiro atoms. The first-order chi connectivity index (χ1) is 12.0. The highest BCUT2D eigenvalue weighted by atomic mass is 32.2. The lowest BCUT2D eigenvalue weighted by Gasteiger charge is -2.11. The molecule has 0 fully saturated rings. The van der Waals surface area contributed by atoms with Crippen molar-refractivity contribution in [2.75, 3.05) is 18.9 Å². The van der Waals surface area contributed by atoms with Gasteiger partial charge >= 0.3 is 0 Å². The van der Waals surface area contributed by atoms with Crippen LogP contribution in [0.1, 0.15) is 5.56 Å². The zero-order valence-electron chi connectivity index (χ0n) is 13.5. The maximum atomic E-state index is 12.7. The summed E-state index contributed by atoms with van der Waals surface area (Å²) in [6.07, 6.45) is 0. The van der Waals surface area contributed by atoms with Crippen LogP contribution in [0.15, 0.2) is 45.8 Å². The van der Waals surface area contributed by atoms with Gasteiger partial charge in [0.25, 0.3) is 10.0 Å². The molecule has 3 rings (SSSR count). The maximum Gasteiger partial charge on any atom is 0.266 e. The monoisotopic (exact) mass is 364 g/mol. The Morgan fingerprint density at radius 1 is 1.16 bits per heavy atom. The molecule has 0 aliphatic rings. The van der Waals surface area contributed by atoms with Gasteiger partial charge in [0.2, 0.25) is 0 Å². The largest absolute Gasteiger partial charge is 0.497 e. The molecule has 0 saturated carbocycles. The van der Waals surface area contributed by atoms with E-state index in [2.05, 4.69) is 9.88 Å². The van der Waals surface area contributed by atoms with E-state index in [1.165, 1.54) is 32.4 Å². The van der Waals surface area contributed by atoms with Crippen LogP contribution >= 0.6 is 0 Å². The number of ether oxygens (including phenoxy) is 2. The van der Waals surface area contributed by atoms with Gasteiger partial charge in [-0.2, -0.15) is 0 Å². The second-order valence-corrected chi connectivity index (χ2v) is 6.79. The van der Waals surface area contributed by atoms with Gasteiger partial charge in [0.15, 0.2) is 11.4 Å². The van der Waals surface area contributed by atoms with Crippen molar-refractivity contribution in [3.05, 3.63) is 42.0 Å². The normalized spacial score (nSPS) is 11.5. The second kappa shape index (κ2) is 6.61. The predicted molar refractivity (Wildman–Crippen MR) is 90.3 cm³/mol. The first-order valence-electron chi connectivity index (χ1n) is 7.22. The zero-order chi connectivity index (χ0) is 18.0. The number of aliphatic hydroxyl groups excluding tert-OH is 1. The highest BCUT2D eigenvalue weighted by molar-refractivity contribution is 7.92. The third-order valence-electron chi connectivity index (χ3n) is 3.61. The lowest BCUT2D eigenvalue weighted by atomic mass is 10.2. The average molecular weight is 364 g/mol. The number of rotatable bonds is 6. The molecular weight excluding hydrogens is 348 g/mol. The second-order valence-electron chi connectivity index (χ2n) is 5.14. The van der Waals surface area contributed by atoms with Crippen LogP contribution < -0.4 is 14.2 Å². The molecule has 2 N–H and O–H groups in total. The molecule has 0 radical (unpaired) electrons. The fraction of sp³-hybridized carbons (Fsp3) is 0.188. The van der Waals surface area contributed by atoms with Gasteiger partial charge in [-0.1, -0.05) is 11.2 Å². The molecular formula is C16H16N2O6S. The number of sulfonamides is 1. The number of benzene rings is 2. The molecule has 0 aliphatic carbocycles. The molecule has 25 heavy (non-hydrogen) atoms. The Kier molecular flexibility index (Phi) is 4.51. The third kappa shape index (κ3) is 3.24. The van der Waals surface area contributed by atoms with Crippen molar-refractivity contribution in [1.82, 2.24) is 5.16 Å². The molecule has 0 aliphatic heterocycles. The first-order valence-corrected chi connectivity index (χ1v) is 8.71. The minimum atomic E-state index is -3.96. The van der Waals surface area contributed by atoms with Crippen molar-refractivity contribution in [3.63, 3.8) is 0 Å².